The van der Waals surface area contributed by atoms with Gasteiger partial charge in [-0.15, -0.1) is 11.3 Å². The molecule has 0 bridgehead atoms. The molecular formula is C16H19N3O3S. The van der Waals surface area contributed by atoms with Crippen LogP contribution in [0.2, 0.25) is 0 Å². The lowest BCUT2D eigenvalue weighted by atomic mass is 10.0. The molecule has 4 rings (SSSR count). The summed E-state index contributed by atoms with van der Waals surface area (Å²) in [5, 5.41) is 21.4. The normalized spacial score (nSPS) is 23.6. The molecule has 1 fully saturated rings. The van der Waals surface area contributed by atoms with E-state index in [1.807, 2.05) is 11.4 Å². The molecule has 4 heterocycles. The lowest BCUT2D eigenvalue weighted by Crippen LogP contribution is -2.31. The number of rotatable bonds is 3. The van der Waals surface area contributed by atoms with Gasteiger partial charge in [0.05, 0.1) is 47.3 Å². The third kappa shape index (κ3) is 2.44. The van der Waals surface area contributed by atoms with Gasteiger partial charge in [0.1, 0.15) is 17.4 Å². The number of thiophene rings is 1. The quantitative estimate of drug-likeness (QED) is 0.769. The van der Waals surface area contributed by atoms with Crippen LogP contribution in [-0.2, 0) is 4.74 Å². The number of nitrogens with zero attached hydrogens (tertiary/aromatic N) is 3. The minimum absolute atomic E-state index is 0.0553. The van der Waals surface area contributed by atoms with Gasteiger partial charge in [0, 0.05) is 0 Å². The highest BCUT2D eigenvalue weighted by atomic mass is 32.1. The van der Waals surface area contributed by atoms with Crippen molar-refractivity contribution in [1.29, 1.82) is 0 Å². The molecule has 23 heavy (non-hydrogen) atoms. The van der Waals surface area contributed by atoms with E-state index < -0.39 is 6.10 Å². The van der Waals surface area contributed by atoms with E-state index in [1.165, 1.54) is 0 Å². The number of aliphatic hydroxyl groups is 2. The Labute approximate surface area is 137 Å². The largest absolute Gasteiger partial charge is 0.394 e. The maximum absolute atomic E-state index is 10.2. The van der Waals surface area contributed by atoms with Gasteiger partial charge in [-0.25, -0.2) is 4.98 Å². The first-order valence-corrected chi connectivity index (χ1v) is 8.71. The summed E-state index contributed by atoms with van der Waals surface area (Å²) in [7, 11) is 0. The zero-order valence-corrected chi connectivity index (χ0v) is 13.7. The predicted molar refractivity (Wildman–Crippen MR) is 88.6 cm³/mol. The highest BCUT2D eigenvalue weighted by Gasteiger charge is 2.28. The summed E-state index contributed by atoms with van der Waals surface area (Å²) in [6.45, 7) is 2.31. The number of pyridine rings is 1. The molecule has 3 aromatic rings. The first-order chi connectivity index (χ1) is 11.2. The van der Waals surface area contributed by atoms with Crippen molar-refractivity contribution >= 4 is 32.6 Å². The number of hydrogen-bond donors (Lipinski definition) is 2. The Morgan fingerprint density at radius 3 is 3.00 bits per heavy atom. The fraction of sp³-hybridized carbons (Fsp3) is 0.500. The molecule has 0 amide bonds. The zero-order chi connectivity index (χ0) is 16.0. The van der Waals surface area contributed by atoms with Crippen LogP contribution in [-0.4, -0.2) is 44.1 Å². The molecular weight excluding hydrogens is 314 g/mol. The van der Waals surface area contributed by atoms with Gasteiger partial charge in [-0.2, -0.15) is 0 Å². The first kappa shape index (κ1) is 15.0. The summed E-state index contributed by atoms with van der Waals surface area (Å²) in [4.78, 5) is 9.05. The number of aromatic nitrogens is 3. The smallest absolute Gasteiger partial charge is 0.139 e. The van der Waals surface area contributed by atoms with Gasteiger partial charge in [0.2, 0.25) is 0 Å². The Morgan fingerprint density at radius 2 is 2.30 bits per heavy atom. The first-order valence-electron chi connectivity index (χ1n) is 7.83. The highest BCUT2D eigenvalue weighted by Crippen LogP contribution is 2.35. The van der Waals surface area contributed by atoms with Gasteiger partial charge in [-0.3, -0.25) is 4.98 Å². The summed E-state index contributed by atoms with van der Waals surface area (Å²) in [6, 6.07) is 2.11. The lowest BCUT2D eigenvalue weighted by Gasteiger charge is -2.30. The molecule has 1 saturated heterocycles. The molecule has 1 unspecified atom stereocenters. The Hall–Kier alpha value is -1.54. The molecule has 3 aromatic heterocycles. The number of fused-ring (bicyclic) bond motifs is 3. The molecule has 0 spiro atoms. The third-order valence-electron chi connectivity index (χ3n) is 4.44. The summed E-state index contributed by atoms with van der Waals surface area (Å²) in [6.07, 6.45) is 2.73. The highest BCUT2D eigenvalue weighted by molar-refractivity contribution is 7.18. The average Bonchev–Trinajstić information content (AvgIpc) is 3.18. The van der Waals surface area contributed by atoms with Gasteiger partial charge >= 0.3 is 0 Å². The van der Waals surface area contributed by atoms with E-state index in [2.05, 4.69) is 14.5 Å². The van der Waals surface area contributed by atoms with Crippen LogP contribution in [0.5, 0.6) is 0 Å². The van der Waals surface area contributed by atoms with E-state index in [-0.39, 0.29) is 18.8 Å². The second kappa shape index (κ2) is 5.83. The second-order valence-corrected chi connectivity index (χ2v) is 6.93. The van der Waals surface area contributed by atoms with Crippen molar-refractivity contribution in [2.75, 3.05) is 13.2 Å². The molecule has 1 aliphatic rings. The Morgan fingerprint density at radius 1 is 1.43 bits per heavy atom. The summed E-state index contributed by atoms with van der Waals surface area (Å²) < 4.78 is 8.96. The van der Waals surface area contributed by atoms with Crippen molar-refractivity contribution in [2.45, 2.75) is 38.0 Å². The van der Waals surface area contributed by atoms with Crippen molar-refractivity contribution < 1.29 is 14.9 Å². The molecule has 3 atom stereocenters. The molecule has 0 aliphatic carbocycles. The molecule has 2 N–H and O–H groups in total. The molecule has 0 aromatic carbocycles. The van der Waals surface area contributed by atoms with E-state index in [0.717, 1.165) is 34.1 Å². The van der Waals surface area contributed by atoms with Gasteiger partial charge in [-0.1, -0.05) is 0 Å². The number of ether oxygens (including phenoxy) is 1. The summed E-state index contributed by atoms with van der Waals surface area (Å²) in [5.41, 5.74) is 2.78. The monoisotopic (exact) mass is 333 g/mol. The van der Waals surface area contributed by atoms with E-state index in [4.69, 9.17) is 4.74 Å². The average molecular weight is 333 g/mol. The fourth-order valence-corrected chi connectivity index (χ4v) is 4.19. The van der Waals surface area contributed by atoms with Crippen LogP contribution in [0.3, 0.4) is 0 Å². The predicted octanol–water partition coefficient (Wildman–Crippen LogP) is 2.41. The molecule has 6 nitrogen and oxygen atoms in total. The zero-order valence-electron chi connectivity index (χ0n) is 12.8. The van der Waals surface area contributed by atoms with Crippen LogP contribution in [0.25, 0.3) is 21.3 Å². The number of imidazole rings is 1. The van der Waals surface area contributed by atoms with E-state index in [1.54, 1.807) is 24.5 Å². The van der Waals surface area contributed by atoms with Crippen LogP contribution < -0.4 is 0 Å². The van der Waals surface area contributed by atoms with E-state index in [9.17, 15) is 10.2 Å². The van der Waals surface area contributed by atoms with Crippen LogP contribution in [0.15, 0.2) is 17.6 Å². The van der Waals surface area contributed by atoms with Crippen LogP contribution in [0.4, 0.5) is 0 Å². The minimum Gasteiger partial charge on any atom is -0.394 e. The van der Waals surface area contributed by atoms with Crippen LogP contribution in [0, 0.1) is 0 Å². The third-order valence-corrected chi connectivity index (χ3v) is 5.35. The lowest BCUT2D eigenvalue weighted by molar-refractivity contribution is -0.0395. The van der Waals surface area contributed by atoms with Crippen molar-refractivity contribution in [3.8, 4) is 0 Å². The number of aliphatic hydroxyl groups excluding tert-OH is 2. The van der Waals surface area contributed by atoms with Gasteiger partial charge < -0.3 is 19.5 Å². The maximum Gasteiger partial charge on any atom is 0.139 e. The van der Waals surface area contributed by atoms with Crippen LogP contribution in [0.1, 0.15) is 37.7 Å². The second-order valence-electron chi connectivity index (χ2n) is 6.01. The van der Waals surface area contributed by atoms with Gasteiger partial charge in [0.15, 0.2) is 0 Å². The fourth-order valence-electron chi connectivity index (χ4n) is 3.30. The van der Waals surface area contributed by atoms with Crippen molar-refractivity contribution in [3.05, 3.63) is 23.5 Å². The molecule has 0 radical (unpaired) electrons. The topological polar surface area (TPSA) is 80.4 Å². The maximum atomic E-state index is 10.2. The Kier molecular flexibility index (Phi) is 3.81. The van der Waals surface area contributed by atoms with E-state index >= 15 is 0 Å². The summed E-state index contributed by atoms with van der Waals surface area (Å²) in [5.74, 6) is 0.652. The van der Waals surface area contributed by atoms with Crippen molar-refractivity contribution in [2.24, 2.45) is 0 Å². The van der Waals surface area contributed by atoms with Crippen LogP contribution >= 0.6 is 11.3 Å². The SMILES string of the molecule is C[C@@H](O)c1nc2cnc3ccsc3c2n1[C@@H]1CCC(CO)OC1. The molecule has 7 heteroatoms. The minimum atomic E-state index is -0.659. The van der Waals surface area contributed by atoms with Gasteiger partial charge in [-0.05, 0) is 31.2 Å². The van der Waals surface area contributed by atoms with Crippen molar-refractivity contribution in [1.82, 2.24) is 14.5 Å². The summed E-state index contributed by atoms with van der Waals surface area (Å²) >= 11 is 1.64. The van der Waals surface area contributed by atoms with E-state index in [0.29, 0.717) is 12.4 Å². The molecule has 1 aliphatic heterocycles. The Bertz CT molecular complexity index is 834. The van der Waals surface area contributed by atoms with Gasteiger partial charge in [0.25, 0.3) is 0 Å². The Balaban J connectivity index is 1.88. The standard InChI is InChI=1S/C16H19N3O3S/c1-9(21)16-18-13-6-17-12-4-5-23-15(12)14(13)19(16)10-2-3-11(7-20)22-8-10/h4-6,9-11,20-21H,2-3,7-8H2,1H3/t9-,10-,11?/m1/s1. The molecule has 0 saturated carbocycles. The number of hydrogen-bond acceptors (Lipinski definition) is 6. The van der Waals surface area contributed by atoms with Crippen molar-refractivity contribution in [3.63, 3.8) is 0 Å². The molecule has 122 valence electrons.